The van der Waals surface area contributed by atoms with Crippen LogP contribution in [0.5, 0.6) is 0 Å². The fourth-order valence-corrected chi connectivity index (χ4v) is 5.97. The zero-order chi connectivity index (χ0) is 32.5. The van der Waals surface area contributed by atoms with Crippen molar-refractivity contribution < 1.29 is 9.59 Å². The number of amides is 2. The summed E-state index contributed by atoms with van der Waals surface area (Å²) in [7, 11) is 0. The van der Waals surface area contributed by atoms with Gasteiger partial charge in [0.2, 0.25) is 0 Å². The van der Waals surface area contributed by atoms with Gasteiger partial charge in [-0.1, -0.05) is 91.0 Å². The standard InChI is InChI=1S/C41H32N4O2/c1-25-20-21-36(44-40(46)32-23-37(28-14-6-4-12-26(28)2)42-34-18-10-8-16-30(32)34)39(22-25)45-41(47)33-24-38(29-15-7-5-13-27(29)3)43-35-19-11-9-17-31(33)35/h4-24H,1-3H3,(H,44,46)(H,45,47). The maximum absolute atomic E-state index is 14.1. The summed E-state index contributed by atoms with van der Waals surface area (Å²) in [4.78, 5) is 37.9. The fourth-order valence-electron chi connectivity index (χ4n) is 5.97. The summed E-state index contributed by atoms with van der Waals surface area (Å²) in [6.07, 6.45) is 0. The van der Waals surface area contributed by atoms with E-state index in [4.69, 9.17) is 9.97 Å². The highest BCUT2D eigenvalue weighted by molar-refractivity contribution is 6.17. The van der Waals surface area contributed by atoms with Crippen LogP contribution in [0.25, 0.3) is 44.3 Å². The minimum absolute atomic E-state index is 0.296. The molecule has 0 aliphatic rings. The highest BCUT2D eigenvalue weighted by atomic mass is 16.2. The highest BCUT2D eigenvalue weighted by Crippen LogP contribution is 2.31. The molecule has 0 fully saturated rings. The average molecular weight is 613 g/mol. The number of fused-ring (bicyclic) bond motifs is 2. The molecule has 7 aromatic rings. The SMILES string of the molecule is Cc1ccc(NC(=O)c2cc(-c3ccccc3C)nc3ccccc23)c(NC(=O)c2cc(-c3ccccc3C)nc3ccccc23)c1. The van der Waals surface area contributed by atoms with E-state index in [1.807, 2.05) is 148 Å². The minimum atomic E-state index is -0.297. The fraction of sp³-hybridized carbons (Fsp3) is 0.0732. The minimum Gasteiger partial charge on any atom is -0.320 e. The molecule has 228 valence electrons. The predicted molar refractivity (Wildman–Crippen MR) is 191 cm³/mol. The topological polar surface area (TPSA) is 84.0 Å². The monoisotopic (exact) mass is 612 g/mol. The Balaban J connectivity index is 1.26. The van der Waals surface area contributed by atoms with E-state index < -0.39 is 0 Å². The Kier molecular flexibility index (Phi) is 7.76. The highest BCUT2D eigenvalue weighted by Gasteiger charge is 2.19. The largest absolute Gasteiger partial charge is 0.320 e. The third kappa shape index (κ3) is 5.85. The van der Waals surface area contributed by atoms with Gasteiger partial charge in [-0.3, -0.25) is 9.59 Å². The van der Waals surface area contributed by atoms with Crippen molar-refractivity contribution in [3.8, 4) is 22.5 Å². The third-order valence-electron chi connectivity index (χ3n) is 8.44. The van der Waals surface area contributed by atoms with Crippen LogP contribution in [-0.2, 0) is 0 Å². The number of nitrogens with one attached hydrogen (secondary N) is 2. The molecule has 47 heavy (non-hydrogen) atoms. The number of aromatic nitrogens is 2. The molecule has 0 radical (unpaired) electrons. The average Bonchev–Trinajstić information content (AvgIpc) is 3.08. The summed E-state index contributed by atoms with van der Waals surface area (Å²) in [5.74, 6) is -0.593. The molecule has 6 nitrogen and oxygen atoms in total. The molecule has 0 bridgehead atoms. The van der Waals surface area contributed by atoms with Gasteiger partial charge in [0, 0.05) is 21.9 Å². The summed E-state index contributed by atoms with van der Waals surface area (Å²) < 4.78 is 0. The van der Waals surface area contributed by atoms with Gasteiger partial charge in [-0.15, -0.1) is 0 Å². The van der Waals surface area contributed by atoms with Gasteiger partial charge in [-0.2, -0.15) is 0 Å². The number of nitrogens with zero attached hydrogens (tertiary/aromatic N) is 2. The maximum Gasteiger partial charge on any atom is 0.256 e. The van der Waals surface area contributed by atoms with Crippen LogP contribution in [0.3, 0.4) is 0 Å². The van der Waals surface area contributed by atoms with Gasteiger partial charge in [0.15, 0.2) is 0 Å². The number of benzene rings is 5. The second-order valence-electron chi connectivity index (χ2n) is 11.7. The Hall–Kier alpha value is -6.14. The quantitative estimate of drug-likeness (QED) is 0.196. The first-order valence-electron chi connectivity index (χ1n) is 15.5. The van der Waals surface area contributed by atoms with Gasteiger partial charge in [0.25, 0.3) is 11.8 Å². The lowest BCUT2D eigenvalue weighted by Crippen LogP contribution is -2.18. The number of aryl methyl sites for hydroxylation is 3. The van der Waals surface area contributed by atoms with Crippen molar-refractivity contribution in [2.75, 3.05) is 10.6 Å². The van der Waals surface area contributed by atoms with Gasteiger partial charge in [-0.25, -0.2) is 9.97 Å². The molecule has 0 aliphatic heterocycles. The first-order valence-corrected chi connectivity index (χ1v) is 15.5. The summed E-state index contributed by atoms with van der Waals surface area (Å²) >= 11 is 0. The molecule has 6 heteroatoms. The number of pyridine rings is 2. The van der Waals surface area contributed by atoms with Gasteiger partial charge in [-0.05, 0) is 73.9 Å². The van der Waals surface area contributed by atoms with E-state index >= 15 is 0 Å². The normalized spacial score (nSPS) is 11.0. The zero-order valence-electron chi connectivity index (χ0n) is 26.3. The summed E-state index contributed by atoms with van der Waals surface area (Å²) in [5, 5.41) is 7.67. The third-order valence-corrected chi connectivity index (χ3v) is 8.44. The molecule has 0 unspecified atom stereocenters. The molecule has 0 saturated heterocycles. The second kappa shape index (κ2) is 12.3. The van der Waals surface area contributed by atoms with Gasteiger partial charge >= 0.3 is 0 Å². The van der Waals surface area contributed by atoms with Crippen molar-refractivity contribution >= 4 is 45.0 Å². The summed E-state index contributed by atoms with van der Waals surface area (Å²) in [6.45, 7) is 6.01. The van der Waals surface area contributed by atoms with E-state index in [9.17, 15) is 9.59 Å². The lowest BCUT2D eigenvalue weighted by molar-refractivity contribution is 0.101. The van der Waals surface area contributed by atoms with E-state index in [0.717, 1.165) is 61.0 Å². The lowest BCUT2D eigenvalue weighted by Gasteiger charge is -2.16. The molecule has 2 aromatic heterocycles. The van der Waals surface area contributed by atoms with Crippen LogP contribution in [-0.4, -0.2) is 21.8 Å². The number of carbonyl (C=O) groups excluding carboxylic acids is 2. The Morgan fingerprint density at radius 2 is 0.936 bits per heavy atom. The van der Waals surface area contributed by atoms with Crippen molar-refractivity contribution in [3.63, 3.8) is 0 Å². The smallest absolute Gasteiger partial charge is 0.256 e. The Labute approximate surface area is 273 Å². The van der Waals surface area contributed by atoms with Crippen molar-refractivity contribution in [3.05, 3.63) is 155 Å². The maximum atomic E-state index is 14.1. The van der Waals surface area contributed by atoms with Crippen LogP contribution >= 0.6 is 0 Å². The van der Waals surface area contributed by atoms with E-state index in [2.05, 4.69) is 10.6 Å². The molecule has 2 heterocycles. The van der Waals surface area contributed by atoms with E-state index in [0.29, 0.717) is 22.5 Å². The second-order valence-corrected chi connectivity index (χ2v) is 11.7. The van der Waals surface area contributed by atoms with Crippen molar-refractivity contribution in [1.82, 2.24) is 9.97 Å². The van der Waals surface area contributed by atoms with Crippen LogP contribution in [0, 0.1) is 20.8 Å². The molecule has 0 atom stereocenters. The Morgan fingerprint density at radius 1 is 0.489 bits per heavy atom. The summed E-state index contributed by atoms with van der Waals surface area (Å²) in [5.41, 5.74) is 9.88. The molecule has 2 N–H and O–H groups in total. The Bertz CT molecular complexity index is 2340. The first kappa shape index (κ1) is 29.6. The summed E-state index contributed by atoms with van der Waals surface area (Å²) in [6, 6.07) is 40.5. The van der Waals surface area contributed by atoms with E-state index in [1.54, 1.807) is 0 Å². The van der Waals surface area contributed by atoms with Gasteiger partial charge in [0.05, 0.1) is 44.9 Å². The van der Waals surface area contributed by atoms with Crippen molar-refractivity contribution in [2.45, 2.75) is 20.8 Å². The van der Waals surface area contributed by atoms with Gasteiger partial charge in [0.1, 0.15) is 0 Å². The van der Waals surface area contributed by atoms with Crippen molar-refractivity contribution in [1.29, 1.82) is 0 Å². The molecule has 0 spiro atoms. The Morgan fingerprint density at radius 3 is 1.45 bits per heavy atom. The molecule has 7 rings (SSSR count). The molecule has 2 amide bonds. The number of para-hydroxylation sites is 2. The van der Waals surface area contributed by atoms with E-state index in [-0.39, 0.29) is 11.8 Å². The van der Waals surface area contributed by atoms with Crippen LogP contribution < -0.4 is 10.6 Å². The number of hydrogen-bond donors (Lipinski definition) is 2. The number of anilines is 2. The van der Waals surface area contributed by atoms with Gasteiger partial charge < -0.3 is 10.6 Å². The van der Waals surface area contributed by atoms with Crippen LogP contribution in [0.15, 0.2) is 127 Å². The molecule has 0 aliphatic carbocycles. The van der Waals surface area contributed by atoms with Crippen LogP contribution in [0.1, 0.15) is 37.4 Å². The lowest BCUT2D eigenvalue weighted by atomic mass is 10.0. The van der Waals surface area contributed by atoms with Crippen LogP contribution in [0.2, 0.25) is 0 Å². The first-order chi connectivity index (χ1) is 22.9. The number of carbonyl (C=O) groups is 2. The number of rotatable bonds is 6. The molecular formula is C41H32N4O2. The van der Waals surface area contributed by atoms with Crippen molar-refractivity contribution in [2.24, 2.45) is 0 Å². The molecular weight excluding hydrogens is 580 g/mol. The zero-order valence-corrected chi connectivity index (χ0v) is 26.3. The molecule has 0 saturated carbocycles. The number of hydrogen-bond acceptors (Lipinski definition) is 4. The van der Waals surface area contributed by atoms with Crippen LogP contribution in [0.4, 0.5) is 11.4 Å². The predicted octanol–water partition coefficient (Wildman–Crippen LogP) is 9.55. The molecule has 5 aromatic carbocycles. The van der Waals surface area contributed by atoms with E-state index in [1.165, 1.54) is 0 Å².